The van der Waals surface area contributed by atoms with Crippen molar-refractivity contribution in [2.24, 2.45) is 0 Å². The van der Waals surface area contributed by atoms with Crippen molar-refractivity contribution >= 4 is 35.0 Å². The quantitative estimate of drug-likeness (QED) is 0.233. The fraction of sp³-hybridized carbons (Fsp3) is 0. The summed E-state index contributed by atoms with van der Waals surface area (Å²) in [7, 11) is 0. The van der Waals surface area contributed by atoms with E-state index in [-0.39, 0.29) is 33.6 Å². The molecule has 0 atom stereocenters. The highest BCUT2D eigenvalue weighted by molar-refractivity contribution is 6.31. The zero-order valence-electron chi connectivity index (χ0n) is 21.4. The highest BCUT2D eigenvalue weighted by Gasteiger charge is 2.33. The van der Waals surface area contributed by atoms with Crippen LogP contribution in [0.25, 0.3) is 0 Å². The lowest BCUT2D eigenvalue weighted by atomic mass is 10.1. The molecule has 0 aliphatic heterocycles. The third-order valence-electron chi connectivity index (χ3n) is 6.26. The lowest BCUT2D eigenvalue weighted by Crippen LogP contribution is -2.41. The van der Waals surface area contributed by atoms with Crippen LogP contribution in [0, 0.1) is 0 Å². The molecule has 0 unspecified atom stereocenters. The van der Waals surface area contributed by atoms with Gasteiger partial charge in [0, 0.05) is 22.3 Å². The Morgan fingerprint density at radius 2 is 0.500 bits per heavy atom. The van der Waals surface area contributed by atoms with Crippen LogP contribution in [0.5, 0.6) is 0 Å². The molecule has 4 amide bonds. The van der Waals surface area contributed by atoms with Crippen molar-refractivity contribution < 1.29 is 19.2 Å². The number of amides is 4. The molecule has 6 heteroatoms. The summed E-state index contributed by atoms with van der Waals surface area (Å²) >= 11 is 0. The molecule has 6 nitrogen and oxygen atoms in total. The van der Waals surface area contributed by atoms with E-state index in [1.165, 1.54) is 0 Å². The summed E-state index contributed by atoms with van der Waals surface area (Å²) in [6, 6.07) is 40.0. The number of benzene rings is 5. The van der Waals surface area contributed by atoms with Crippen molar-refractivity contribution in [3.8, 4) is 0 Å². The monoisotopic (exact) mass is 524 g/mol. The smallest absolute Gasteiger partial charge is 0.265 e. The molecule has 5 aromatic carbocycles. The van der Waals surface area contributed by atoms with Gasteiger partial charge in [-0.3, -0.25) is 19.2 Å². The van der Waals surface area contributed by atoms with Crippen LogP contribution in [-0.2, 0) is 0 Å². The van der Waals surface area contributed by atoms with Crippen molar-refractivity contribution in [2.45, 2.75) is 0 Å². The Kier molecular flexibility index (Phi) is 7.69. The fourth-order valence-corrected chi connectivity index (χ4v) is 4.30. The maximum absolute atomic E-state index is 13.9. The topological polar surface area (TPSA) is 74.8 Å². The molecule has 0 bridgehead atoms. The van der Waals surface area contributed by atoms with E-state index in [9.17, 15) is 19.2 Å². The number of anilines is 2. The average molecular weight is 525 g/mol. The third-order valence-corrected chi connectivity index (χ3v) is 6.26. The van der Waals surface area contributed by atoms with Gasteiger partial charge in [0.25, 0.3) is 23.6 Å². The zero-order valence-corrected chi connectivity index (χ0v) is 21.4. The van der Waals surface area contributed by atoms with E-state index >= 15 is 0 Å². The number of carbonyl (C=O) groups excluding carboxylic acids is 4. The van der Waals surface area contributed by atoms with Crippen molar-refractivity contribution in [3.63, 3.8) is 0 Å². The zero-order chi connectivity index (χ0) is 27.9. The summed E-state index contributed by atoms with van der Waals surface area (Å²) in [5, 5.41) is 0. The second-order valence-corrected chi connectivity index (χ2v) is 8.84. The van der Waals surface area contributed by atoms with Crippen LogP contribution in [0.15, 0.2) is 146 Å². The maximum Gasteiger partial charge on any atom is 0.265 e. The highest BCUT2D eigenvalue weighted by atomic mass is 16.2. The summed E-state index contributed by atoms with van der Waals surface area (Å²) in [5.41, 5.74) is 1.29. The van der Waals surface area contributed by atoms with Gasteiger partial charge >= 0.3 is 0 Å². The molecular weight excluding hydrogens is 500 g/mol. The Bertz CT molecular complexity index is 1430. The van der Waals surface area contributed by atoms with Crippen LogP contribution < -0.4 is 9.80 Å². The predicted octanol–water partition coefficient (Wildman–Crippen LogP) is 6.66. The first-order chi connectivity index (χ1) is 19.6. The van der Waals surface area contributed by atoms with Crippen molar-refractivity contribution in [3.05, 3.63) is 168 Å². The van der Waals surface area contributed by atoms with Crippen molar-refractivity contribution in [2.75, 3.05) is 9.80 Å². The van der Waals surface area contributed by atoms with Gasteiger partial charge in [0.2, 0.25) is 0 Å². The summed E-state index contributed by atoms with van der Waals surface area (Å²) in [6.07, 6.45) is 0. The van der Waals surface area contributed by atoms with Crippen LogP contribution in [0.1, 0.15) is 41.4 Å². The van der Waals surface area contributed by atoms with Crippen LogP contribution in [0.4, 0.5) is 11.4 Å². The first-order valence-corrected chi connectivity index (χ1v) is 12.6. The Morgan fingerprint density at radius 1 is 0.300 bits per heavy atom. The van der Waals surface area contributed by atoms with Gasteiger partial charge in [-0.25, -0.2) is 9.80 Å². The van der Waals surface area contributed by atoms with Gasteiger partial charge in [-0.2, -0.15) is 0 Å². The summed E-state index contributed by atoms with van der Waals surface area (Å²) < 4.78 is 0. The number of rotatable bonds is 6. The molecule has 0 aliphatic rings. The molecule has 0 heterocycles. The molecule has 0 saturated heterocycles. The van der Waals surface area contributed by atoms with Gasteiger partial charge in [-0.05, 0) is 60.7 Å². The molecule has 0 radical (unpaired) electrons. The van der Waals surface area contributed by atoms with Crippen molar-refractivity contribution in [1.82, 2.24) is 0 Å². The van der Waals surface area contributed by atoms with Gasteiger partial charge in [0.1, 0.15) is 0 Å². The molecule has 5 rings (SSSR count). The first kappa shape index (κ1) is 26.0. The third kappa shape index (κ3) is 5.33. The largest absolute Gasteiger partial charge is 0.268 e. The van der Waals surface area contributed by atoms with E-state index in [0.717, 1.165) is 9.80 Å². The van der Waals surface area contributed by atoms with E-state index in [2.05, 4.69) is 0 Å². The van der Waals surface area contributed by atoms with Crippen LogP contribution in [-0.4, -0.2) is 23.6 Å². The number of hydrogen-bond donors (Lipinski definition) is 0. The lowest BCUT2D eigenvalue weighted by molar-refractivity contribution is 0.0875. The van der Waals surface area contributed by atoms with E-state index in [4.69, 9.17) is 0 Å². The van der Waals surface area contributed by atoms with Crippen LogP contribution in [0.2, 0.25) is 0 Å². The summed E-state index contributed by atoms with van der Waals surface area (Å²) in [6.45, 7) is 0. The van der Waals surface area contributed by atoms with Crippen LogP contribution in [0.3, 0.4) is 0 Å². The van der Waals surface area contributed by atoms with Gasteiger partial charge < -0.3 is 0 Å². The minimum absolute atomic E-state index is 0.0961. The standard InChI is InChI=1S/C34H24N2O4/c37-31(25-15-5-1-6-16-25)35(32(38)26-17-7-2-8-18-26)29-23-13-14-24-30(29)36(33(39)27-19-9-3-10-20-27)34(40)28-21-11-4-12-22-28/h1-24H. The van der Waals surface area contributed by atoms with E-state index < -0.39 is 23.6 Å². The summed E-state index contributed by atoms with van der Waals surface area (Å²) in [4.78, 5) is 57.8. The number of carbonyl (C=O) groups is 4. The normalized spacial score (nSPS) is 10.4. The number of hydrogen-bond acceptors (Lipinski definition) is 4. The molecule has 0 N–H and O–H groups in total. The molecule has 0 fully saturated rings. The Hall–Kier alpha value is -5.62. The molecule has 0 spiro atoms. The Labute approximate surface area is 231 Å². The highest BCUT2D eigenvalue weighted by Crippen LogP contribution is 2.34. The fourth-order valence-electron chi connectivity index (χ4n) is 4.30. The molecule has 0 aromatic heterocycles. The average Bonchev–Trinajstić information content (AvgIpc) is 3.03. The number of imide groups is 2. The second kappa shape index (κ2) is 11.8. The number of nitrogens with zero attached hydrogens (tertiary/aromatic N) is 2. The van der Waals surface area contributed by atoms with Gasteiger partial charge in [-0.15, -0.1) is 0 Å². The Balaban J connectivity index is 1.71. The SMILES string of the molecule is O=C(c1ccccc1)N(C(=O)c1ccccc1)c1ccccc1N(C(=O)c1ccccc1)C(=O)c1ccccc1. The maximum atomic E-state index is 13.9. The number of para-hydroxylation sites is 2. The van der Waals surface area contributed by atoms with Gasteiger partial charge in [0.05, 0.1) is 11.4 Å². The van der Waals surface area contributed by atoms with Crippen LogP contribution >= 0.6 is 0 Å². The van der Waals surface area contributed by atoms with Crippen molar-refractivity contribution in [1.29, 1.82) is 0 Å². The lowest BCUT2D eigenvalue weighted by Gasteiger charge is -2.28. The molecular formula is C34H24N2O4. The minimum Gasteiger partial charge on any atom is -0.268 e. The molecule has 194 valence electrons. The molecule has 40 heavy (non-hydrogen) atoms. The van der Waals surface area contributed by atoms with E-state index in [0.29, 0.717) is 0 Å². The van der Waals surface area contributed by atoms with Gasteiger partial charge in [-0.1, -0.05) is 84.9 Å². The Morgan fingerprint density at radius 3 is 0.725 bits per heavy atom. The van der Waals surface area contributed by atoms with E-state index in [1.54, 1.807) is 146 Å². The molecule has 5 aromatic rings. The molecule has 0 saturated carbocycles. The summed E-state index contributed by atoms with van der Waals surface area (Å²) in [5.74, 6) is -2.38. The predicted molar refractivity (Wildman–Crippen MR) is 154 cm³/mol. The van der Waals surface area contributed by atoms with Gasteiger partial charge in [0.15, 0.2) is 0 Å². The first-order valence-electron chi connectivity index (χ1n) is 12.6. The molecule has 0 aliphatic carbocycles. The second-order valence-electron chi connectivity index (χ2n) is 8.84. The minimum atomic E-state index is -0.596. The van der Waals surface area contributed by atoms with E-state index in [1.807, 2.05) is 0 Å².